The van der Waals surface area contributed by atoms with Gasteiger partial charge in [0.1, 0.15) is 11.2 Å². The van der Waals surface area contributed by atoms with Crippen molar-refractivity contribution in [2.45, 2.75) is 13.5 Å². The van der Waals surface area contributed by atoms with Gasteiger partial charge in [0.15, 0.2) is 5.69 Å². The summed E-state index contributed by atoms with van der Waals surface area (Å²) in [6.07, 6.45) is 2.87. The summed E-state index contributed by atoms with van der Waals surface area (Å²) in [6.45, 7) is 2.45. The summed E-state index contributed by atoms with van der Waals surface area (Å²) in [6, 6.07) is 19.4. The Labute approximate surface area is 186 Å². The van der Waals surface area contributed by atoms with Gasteiger partial charge in [0.2, 0.25) is 0 Å². The van der Waals surface area contributed by atoms with E-state index in [9.17, 15) is 9.59 Å². The van der Waals surface area contributed by atoms with Crippen LogP contribution in [0.3, 0.4) is 0 Å². The molecule has 9 heteroatoms. The Morgan fingerprint density at radius 3 is 2.53 bits per heavy atom. The predicted octanol–water partition coefficient (Wildman–Crippen LogP) is 3.46. The molecule has 2 aromatic carbocycles. The van der Waals surface area contributed by atoms with Crippen LogP contribution >= 0.6 is 11.3 Å². The summed E-state index contributed by atoms with van der Waals surface area (Å²) in [5.74, 6) is -0.541. The van der Waals surface area contributed by atoms with Crippen LogP contribution in [0.15, 0.2) is 78.0 Å². The van der Waals surface area contributed by atoms with E-state index in [2.05, 4.69) is 20.7 Å². The molecule has 8 nitrogen and oxygen atoms in total. The van der Waals surface area contributed by atoms with Crippen molar-refractivity contribution in [3.8, 4) is 11.1 Å². The quantitative estimate of drug-likeness (QED) is 0.450. The molecule has 3 heterocycles. The van der Waals surface area contributed by atoms with Crippen LogP contribution in [0, 0.1) is 6.92 Å². The van der Waals surface area contributed by atoms with Gasteiger partial charge in [0.25, 0.3) is 11.5 Å². The van der Waals surface area contributed by atoms with Gasteiger partial charge >= 0.3 is 0 Å². The van der Waals surface area contributed by atoms with E-state index in [4.69, 9.17) is 0 Å². The summed E-state index contributed by atoms with van der Waals surface area (Å²) in [5.41, 5.74) is 5.15. The fourth-order valence-electron chi connectivity index (χ4n) is 3.55. The minimum absolute atomic E-state index is 0.109. The number of nitrogens with one attached hydrogen (secondary N) is 1. The predicted molar refractivity (Wildman–Crippen MR) is 123 cm³/mol. The van der Waals surface area contributed by atoms with Crippen LogP contribution in [0.4, 0.5) is 0 Å². The van der Waals surface area contributed by atoms with Gasteiger partial charge in [-0.1, -0.05) is 65.9 Å². The lowest BCUT2D eigenvalue weighted by Gasteiger charge is -2.07. The van der Waals surface area contributed by atoms with Crippen molar-refractivity contribution < 1.29 is 4.79 Å². The summed E-state index contributed by atoms with van der Waals surface area (Å²) < 4.78 is 2.67. The van der Waals surface area contributed by atoms with Crippen LogP contribution in [-0.4, -0.2) is 30.6 Å². The lowest BCUT2D eigenvalue weighted by atomic mass is 10.0. The van der Waals surface area contributed by atoms with Gasteiger partial charge in [-0.2, -0.15) is 0 Å². The average Bonchev–Trinajstić information content (AvgIpc) is 3.41. The molecule has 0 unspecified atom stereocenters. The molecule has 0 aliphatic rings. The number of carbonyl (C=O) groups excluding carboxylic acids is 1. The number of aryl methyl sites for hydroxylation is 1. The Morgan fingerprint density at radius 2 is 1.78 bits per heavy atom. The molecule has 0 atom stereocenters. The third-order valence-electron chi connectivity index (χ3n) is 5.03. The van der Waals surface area contributed by atoms with E-state index in [1.54, 1.807) is 10.9 Å². The molecule has 0 fully saturated rings. The van der Waals surface area contributed by atoms with Crippen molar-refractivity contribution in [1.82, 2.24) is 24.7 Å². The topological polar surface area (TPSA) is 94.7 Å². The van der Waals surface area contributed by atoms with Crippen LogP contribution in [0.25, 0.3) is 21.3 Å². The number of carbonyl (C=O) groups is 1. The SMILES string of the molecule is Cc1sc2ncn(NC(=O)c3cn(Cc4ccccc4)nn3)c(=O)c2c1-c1ccccc1. The smallest absolute Gasteiger partial charge is 0.267 e. The summed E-state index contributed by atoms with van der Waals surface area (Å²) in [7, 11) is 0. The molecule has 0 saturated carbocycles. The zero-order valence-corrected chi connectivity index (χ0v) is 17.9. The molecule has 5 rings (SSSR count). The second-order valence-electron chi connectivity index (χ2n) is 7.23. The van der Waals surface area contributed by atoms with Crippen LogP contribution in [0.1, 0.15) is 20.9 Å². The number of fused-ring (bicyclic) bond motifs is 1. The highest BCUT2D eigenvalue weighted by Gasteiger charge is 2.18. The summed E-state index contributed by atoms with van der Waals surface area (Å²) in [5, 5.41) is 8.43. The lowest BCUT2D eigenvalue weighted by molar-refractivity contribution is 0.100. The van der Waals surface area contributed by atoms with Crippen LogP contribution in [0.2, 0.25) is 0 Å². The summed E-state index contributed by atoms with van der Waals surface area (Å²) in [4.78, 5) is 31.9. The van der Waals surface area contributed by atoms with Crippen molar-refractivity contribution in [1.29, 1.82) is 0 Å². The van der Waals surface area contributed by atoms with E-state index in [0.29, 0.717) is 16.8 Å². The number of thiophene rings is 1. The first kappa shape index (κ1) is 19.8. The zero-order valence-electron chi connectivity index (χ0n) is 17.1. The highest BCUT2D eigenvalue weighted by molar-refractivity contribution is 7.19. The van der Waals surface area contributed by atoms with Crippen molar-refractivity contribution in [3.05, 3.63) is 99.7 Å². The molecule has 1 N–H and O–H groups in total. The van der Waals surface area contributed by atoms with Crippen molar-refractivity contribution in [3.63, 3.8) is 0 Å². The first-order valence-electron chi connectivity index (χ1n) is 9.92. The third-order valence-corrected chi connectivity index (χ3v) is 6.05. The fraction of sp³-hybridized carbons (Fsp3) is 0.0870. The second kappa shape index (κ2) is 8.20. The summed E-state index contributed by atoms with van der Waals surface area (Å²) >= 11 is 1.45. The Morgan fingerprint density at radius 1 is 1.06 bits per heavy atom. The lowest BCUT2D eigenvalue weighted by Crippen LogP contribution is -2.33. The van der Waals surface area contributed by atoms with Gasteiger partial charge in [-0.15, -0.1) is 16.4 Å². The van der Waals surface area contributed by atoms with Crippen molar-refractivity contribution in [2.24, 2.45) is 0 Å². The van der Waals surface area contributed by atoms with E-state index >= 15 is 0 Å². The molecule has 0 saturated heterocycles. The van der Waals surface area contributed by atoms with Gasteiger partial charge in [-0.05, 0) is 18.1 Å². The molecular formula is C23H18N6O2S. The Bertz CT molecular complexity index is 1470. The Hall–Kier alpha value is -4.11. The van der Waals surface area contributed by atoms with Crippen LogP contribution < -0.4 is 11.0 Å². The number of aromatic nitrogens is 5. The average molecular weight is 443 g/mol. The molecule has 5 aromatic rings. The van der Waals surface area contributed by atoms with Crippen molar-refractivity contribution in [2.75, 3.05) is 5.43 Å². The highest BCUT2D eigenvalue weighted by Crippen LogP contribution is 2.35. The standard InChI is InChI=1S/C23H18N6O2S/c1-15-19(17-10-6-3-7-11-17)20-22(32-15)24-14-29(23(20)31)26-21(30)18-13-28(27-25-18)12-16-8-4-2-5-9-16/h2-11,13-14H,12H2,1H3,(H,26,30). The first-order chi connectivity index (χ1) is 15.6. The second-order valence-corrected chi connectivity index (χ2v) is 8.43. The van der Waals surface area contributed by atoms with Crippen molar-refractivity contribution >= 4 is 27.5 Å². The first-order valence-corrected chi connectivity index (χ1v) is 10.7. The molecule has 3 aromatic heterocycles. The maximum absolute atomic E-state index is 13.2. The molecule has 0 aliphatic carbocycles. The zero-order chi connectivity index (χ0) is 22.1. The van der Waals surface area contributed by atoms with Gasteiger partial charge in [0, 0.05) is 10.4 Å². The normalized spacial score (nSPS) is 11.0. The number of hydrogen-bond acceptors (Lipinski definition) is 6. The largest absolute Gasteiger partial charge is 0.292 e. The maximum atomic E-state index is 13.2. The number of benzene rings is 2. The van der Waals surface area contributed by atoms with Gasteiger partial charge in [-0.25, -0.2) is 14.3 Å². The number of nitrogens with zero attached hydrogens (tertiary/aromatic N) is 5. The van der Waals surface area contributed by atoms with E-state index in [0.717, 1.165) is 26.2 Å². The minimum Gasteiger partial charge on any atom is -0.267 e. The number of amides is 1. The van der Waals surface area contributed by atoms with Crippen LogP contribution in [0.5, 0.6) is 0 Å². The monoisotopic (exact) mass is 442 g/mol. The highest BCUT2D eigenvalue weighted by atomic mass is 32.1. The molecule has 1 amide bonds. The van der Waals surface area contributed by atoms with E-state index in [1.807, 2.05) is 67.6 Å². The van der Waals surface area contributed by atoms with Gasteiger partial charge in [-0.3, -0.25) is 15.0 Å². The minimum atomic E-state index is -0.541. The fourth-order valence-corrected chi connectivity index (χ4v) is 4.55. The van der Waals surface area contributed by atoms with Gasteiger partial charge in [0.05, 0.1) is 18.1 Å². The maximum Gasteiger partial charge on any atom is 0.292 e. The third kappa shape index (κ3) is 3.69. The molecule has 0 spiro atoms. The Kier molecular flexibility index (Phi) is 5.08. The van der Waals surface area contributed by atoms with E-state index in [-0.39, 0.29) is 11.3 Å². The Balaban J connectivity index is 1.44. The van der Waals surface area contributed by atoms with E-state index in [1.165, 1.54) is 17.7 Å². The molecule has 158 valence electrons. The molecule has 0 radical (unpaired) electrons. The molecule has 0 aliphatic heterocycles. The molecule has 0 bridgehead atoms. The number of rotatable bonds is 5. The van der Waals surface area contributed by atoms with E-state index < -0.39 is 5.91 Å². The molecular weight excluding hydrogens is 424 g/mol. The molecule has 32 heavy (non-hydrogen) atoms. The number of hydrogen-bond donors (Lipinski definition) is 1. The van der Waals surface area contributed by atoms with Crippen LogP contribution in [-0.2, 0) is 6.54 Å². The van der Waals surface area contributed by atoms with Gasteiger partial charge < -0.3 is 0 Å².